The Morgan fingerprint density at radius 3 is 2.77 bits per heavy atom. The van der Waals surface area contributed by atoms with Crippen molar-refractivity contribution in [3.05, 3.63) is 53.6 Å². The van der Waals surface area contributed by atoms with E-state index < -0.39 is 0 Å². The summed E-state index contributed by atoms with van der Waals surface area (Å²) in [5.41, 5.74) is 3.26. The SMILES string of the molecule is COc1ccc2nc(C)nc(NCc3ccncc3C)c2c1. The molecule has 2 heterocycles. The van der Waals surface area contributed by atoms with Crippen molar-refractivity contribution in [1.82, 2.24) is 15.0 Å². The molecule has 112 valence electrons. The predicted molar refractivity (Wildman–Crippen MR) is 87.1 cm³/mol. The molecule has 0 unspecified atom stereocenters. The lowest BCUT2D eigenvalue weighted by Crippen LogP contribution is -2.05. The van der Waals surface area contributed by atoms with E-state index in [1.807, 2.05) is 37.4 Å². The number of nitrogens with zero attached hydrogens (tertiary/aromatic N) is 3. The number of aromatic nitrogens is 3. The maximum atomic E-state index is 5.30. The number of nitrogens with one attached hydrogen (secondary N) is 1. The molecule has 0 aliphatic carbocycles. The van der Waals surface area contributed by atoms with Crippen molar-refractivity contribution < 1.29 is 4.74 Å². The van der Waals surface area contributed by atoms with Gasteiger partial charge in [-0.2, -0.15) is 0 Å². The van der Waals surface area contributed by atoms with Crippen molar-refractivity contribution >= 4 is 16.7 Å². The van der Waals surface area contributed by atoms with Gasteiger partial charge in [0, 0.05) is 24.3 Å². The van der Waals surface area contributed by atoms with Gasteiger partial charge in [-0.25, -0.2) is 9.97 Å². The van der Waals surface area contributed by atoms with E-state index in [2.05, 4.69) is 27.2 Å². The zero-order chi connectivity index (χ0) is 15.5. The number of ether oxygens (including phenoxy) is 1. The van der Waals surface area contributed by atoms with Crippen LogP contribution in [0.2, 0.25) is 0 Å². The zero-order valence-corrected chi connectivity index (χ0v) is 12.9. The third kappa shape index (κ3) is 2.83. The van der Waals surface area contributed by atoms with Crippen LogP contribution in [0.1, 0.15) is 17.0 Å². The monoisotopic (exact) mass is 294 g/mol. The summed E-state index contributed by atoms with van der Waals surface area (Å²) in [4.78, 5) is 13.1. The standard InChI is InChI=1S/C17H18N4O/c1-11-9-18-7-6-13(11)10-19-17-15-8-14(22-3)4-5-16(15)20-12(2)21-17/h4-9H,10H2,1-3H3,(H,19,20,21). The van der Waals surface area contributed by atoms with Gasteiger partial charge in [-0.1, -0.05) is 0 Å². The van der Waals surface area contributed by atoms with Gasteiger partial charge in [-0.05, 0) is 49.2 Å². The largest absolute Gasteiger partial charge is 0.497 e. The predicted octanol–water partition coefficient (Wildman–Crippen LogP) is 3.26. The van der Waals surface area contributed by atoms with Crippen LogP contribution in [0.15, 0.2) is 36.7 Å². The van der Waals surface area contributed by atoms with Crippen LogP contribution < -0.4 is 10.1 Å². The highest BCUT2D eigenvalue weighted by molar-refractivity contribution is 5.90. The average molecular weight is 294 g/mol. The molecule has 0 amide bonds. The summed E-state index contributed by atoms with van der Waals surface area (Å²) in [6.45, 7) is 4.64. The lowest BCUT2D eigenvalue weighted by Gasteiger charge is -2.12. The van der Waals surface area contributed by atoms with Crippen LogP contribution in [0.5, 0.6) is 5.75 Å². The fourth-order valence-corrected chi connectivity index (χ4v) is 2.36. The number of hydrogen-bond acceptors (Lipinski definition) is 5. The van der Waals surface area contributed by atoms with Gasteiger partial charge < -0.3 is 10.1 Å². The molecule has 1 aromatic carbocycles. The van der Waals surface area contributed by atoms with Gasteiger partial charge >= 0.3 is 0 Å². The number of aryl methyl sites for hydroxylation is 2. The third-order valence-corrected chi connectivity index (χ3v) is 3.60. The highest BCUT2D eigenvalue weighted by Crippen LogP contribution is 2.25. The smallest absolute Gasteiger partial charge is 0.138 e. The number of pyridine rings is 1. The summed E-state index contributed by atoms with van der Waals surface area (Å²) < 4.78 is 5.30. The van der Waals surface area contributed by atoms with E-state index in [1.54, 1.807) is 13.3 Å². The molecule has 0 saturated carbocycles. The molecule has 1 N–H and O–H groups in total. The highest BCUT2D eigenvalue weighted by atomic mass is 16.5. The van der Waals surface area contributed by atoms with Gasteiger partial charge in [-0.3, -0.25) is 4.98 Å². The fourth-order valence-electron chi connectivity index (χ4n) is 2.36. The zero-order valence-electron chi connectivity index (χ0n) is 12.9. The fraction of sp³-hybridized carbons (Fsp3) is 0.235. The first kappa shape index (κ1) is 14.3. The maximum Gasteiger partial charge on any atom is 0.138 e. The van der Waals surface area contributed by atoms with E-state index >= 15 is 0 Å². The number of methoxy groups -OCH3 is 1. The van der Waals surface area contributed by atoms with Crippen molar-refractivity contribution in [2.45, 2.75) is 20.4 Å². The Morgan fingerprint density at radius 2 is 2.00 bits per heavy atom. The molecule has 0 aliphatic heterocycles. The van der Waals surface area contributed by atoms with Crippen LogP contribution in [-0.4, -0.2) is 22.1 Å². The Balaban J connectivity index is 1.97. The minimum absolute atomic E-state index is 0.692. The molecule has 3 aromatic rings. The van der Waals surface area contributed by atoms with Crippen molar-refractivity contribution in [2.75, 3.05) is 12.4 Å². The van der Waals surface area contributed by atoms with Crippen molar-refractivity contribution in [3.63, 3.8) is 0 Å². The van der Waals surface area contributed by atoms with Crippen LogP contribution in [0.4, 0.5) is 5.82 Å². The van der Waals surface area contributed by atoms with E-state index in [-0.39, 0.29) is 0 Å². The third-order valence-electron chi connectivity index (χ3n) is 3.60. The van der Waals surface area contributed by atoms with Crippen LogP contribution in [0.25, 0.3) is 10.9 Å². The molecular formula is C17H18N4O. The maximum absolute atomic E-state index is 5.30. The summed E-state index contributed by atoms with van der Waals surface area (Å²) in [6.07, 6.45) is 3.67. The van der Waals surface area contributed by atoms with Crippen LogP contribution in [0.3, 0.4) is 0 Å². The number of benzene rings is 1. The molecule has 0 atom stereocenters. The summed E-state index contributed by atoms with van der Waals surface area (Å²) in [6, 6.07) is 7.83. The lowest BCUT2D eigenvalue weighted by molar-refractivity contribution is 0.415. The second kappa shape index (κ2) is 5.97. The first-order chi connectivity index (χ1) is 10.7. The normalized spacial score (nSPS) is 10.7. The Morgan fingerprint density at radius 1 is 1.14 bits per heavy atom. The van der Waals surface area contributed by atoms with Crippen molar-refractivity contribution in [1.29, 1.82) is 0 Å². The Kier molecular flexibility index (Phi) is 3.87. The van der Waals surface area contributed by atoms with Crippen LogP contribution in [0, 0.1) is 13.8 Å². The number of rotatable bonds is 4. The molecule has 22 heavy (non-hydrogen) atoms. The minimum Gasteiger partial charge on any atom is -0.497 e. The molecule has 2 aromatic heterocycles. The van der Waals surface area contributed by atoms with Gasteiger partial charge in [0.1, 0.15) is 17.4 Å². The molecule has 3 rings (SSSR count). The van der Waals surface area contributed by atoms with E-state index in [0.29, 0.717) is 6.54 Å². The molecule has 0 radical (unpaired) electrons. The molecule has 0 saturated heterocycles. The van der Waals surface area contributed by atoms with E-state index in [4.69, 9.17) is 4.74 Å². The van der Waals surface area contributed by atoms with Crippen molar-refractivity contribution in [2.24, 2.45) is 0 Å². The number of fused-ring (bicyclic) bond motifs is 1. The Bertz CT molecular complexity index is 817. The summed E-state index contributed by atoms with van der Waals surface area (Å²) in [5.74, 6) is 2.35. The Labute approximate surface area is 129 Å². The lowest BCUT2D eigenvalue weighted by atomic mass is 10.1. The molecule has 0 spiro atoms. The summed E-state index contributed by atoms with van der Waals surface area (Å²) in [7, 11) is 1.66. The topological polar surface area (TPSA) is 59.9 Å². The average Bonchev–Trinajstić information content (AvgIpc) is 2.53. The van der Waals surface area contributed by atoms with Crippen LogP contribution in [-0.2, 0) is 6.54 Å². The van der Waals surface area contributed by atoms with E-state index in [1.165, 1.54) is 5.56 Å². The van der Waals surface area contributed by atoms with Crippen molar-refractivity contribution in [3.8, 4) is 5.75 Å². The minimum atomic E-state index is 0.692. The highest BCUT2D eigenvalue weighted by Gasteiger charge is 2.08. The van der Waals surface area contributed by atoms with E-state index in [0.717, 1.165) is 33.9 Å². The van der Waals surface area contributed by atoms with Gasteiger partial charge in [0.15, 0.2) is 0 Å². The quantitative estimate of drug-likeness (QED) is 0.800. The summed E-state index contributed by atoms with van der Waals surface area (Å²) >= 11 is 0. The molecular weight excluding hydrogens is 276 g/mol. The molecule has 0 aliphatic rings. The number of anilines is 1. The molecule has 5 heteroatoms. The summed E-state index contributed by atoms with van der Waals surface area (Å²) in [5, 5.41) is 4.36. The first-order valence-corrected chi connectivity index (χ1v) is 7.13. The van der Waals surface area contributed by atoms with Gasteiger partial charge in [0.2, 0.25) is 0 Å². The van der Waals surface area contributed by atoms with Gasteiger partial charge in [-0.15, -0.1) is 0 Å². The second-order valence-corrected chi connectivity index (χ2v) is 5.16. The molecule has 0 fully saturated rings. The molecule has 0 bridgehead atoms. The van der Waals surface area contributed by atoms with Gasteiger partial charge in [0.25, 0.3) is 0 Å². The molecule has 5 nitrogen and oxygen atoms in total. The number of hydrogen-bond donors (Lipinski definition) is 1. The van der Waals surface area contributed by atoms with E-state index in [9.17, 15) is 0 Å². The Hall–Kier alpha value is -2.69. The second-order valence-electron chi connectivity index (χ2n) is 5.16. The van der Waals surface area contributed by atoms with Crippen LogP contribution >= 0.6 is 0 Å². The first-order valence-electron chi connectivity index (χ1n) is 7.13. The van der Waals surface area contributed by atoms with Gasteiger partial charge in [0.05, 0.1) is 12.6 Å².